The topological polar surface area (TPSA) is 73.0 Å². The Morgan fingerprint density at radius 1 is 1.10 bits per heavy atom. The van der Waals surface area contributed by atoms with Crippen molar-refractivity contribution in [3.8, 4) is 11.6 Å². The van der Waals surface area contributed by atoms with Crippen LogP contribution in [-0.2, 0) is 17.8 Å². The number of rotatable bonds is 9. The lowest BCUT2D eigenvalue weighted by Crippen LogP contribution is -2.27. The second-order valence-electron chi connectivity index (χ2n) is 6.32. The SMILES string of the molecule is O=C(CSc1nnc(-c2ccco2)n1Cc1ccccc1)NCCc1cccs1. The fourth-order valence-electron chi connectivity index (χ4n) is 2.85. The molecule has 8 heteroatoms. The molecular weight excluding hydrogens is 404 g/mol. The van der Waals surface area contributed by atoms with Gasteiger partial charge in [-0.1, -0.05) is 48.2 Å². The van der Waals surface area contributed by atoms with Gasteiger partial charge in [0.1, 0.15) is 0 Å². The Labute approximate surface area is 177 Å². The number of hydrogen-bond donors (Lipinski definition) is 1. The van der Waals surface area contributed by atoms with Crippen molar-refractivity contribution < 1.29 is 9.21 Å². The van der Waals surface area contributed by atoms with Gasteiger partial charge >= 0.3 is 0 Å². The first-order valence-corrected chi connectivity index (χ1v) is 11.1. The Hall–Kier alpha value is -2.84. The van der Waals surface area contributed by atoms with Crippen molar-refractivity contribution in [2.75, 3.05) is 12.3 Å². The molecule has 0 atom stereocenters. The van der Waals surface area contributed by atoms with E-state index in [9.17, 15) is 4.79 Å². The number of furan rings is 1. The van der Waals surface area contributed by atoms with Gasteiger partial charge in [0.15, 0.2) is 10.9 Å². The summed E-state index contributed by atoms with van der Waals surface area (Å²) in [6, 6.07) is 17.9. The zero-order valence-electron chi connectivity index (χ0n) is 15.7. The van der Waals surface area contributed by atoms with Crippen LogP contribution < -0.4 is 5.32 Å². The van der Waals surface area contributed by atoms with Crippen molar-refractivity contribution >= 4 is 29.0 Å². The van der Waals surface area contributed by atoms with Crippen molar-refractivity contribution in [3.05, 3.63) is 76.7 Å². The van der Waals surface area contributed by atoms with Crippen LogP contribution in [-0.4, -0.2) is 33.0 Å². The quantitative estimate of drug-likeness (QED) is 0.410. The highest BCUT2D eigenvalue weighted by Gasteiger charge is 2.17. The Morgan fingerprint density at radius 2 is 2.00 bits per heavy atom. The zero-order chi connectivity index (χ0) is 19.9. The van der Waals surface area contributed by atoms with Crippen molar-refractivity contribution in [3.63, 3.8) is 0 Å². The largest absolute Gasteiger partial charge is 0.461 e. The Morgan fingerprint density at radius 3 is 2.76 bits per heavy atom. The lowest BCUT2D eigenvalue weighted by molar-refractivity contribution is -0.118. The average Bonchev–Trinajstić information content (AvgIpc) is 3.50. The average molecular weight is 425 g/mol. The highest BCUT2D eigenvalue weighted by Crippen LogP contribution is 2.25. The summed E-state index contributed by atoms with van der Waals surface area (Å²) in [6.07, 6.45) is 2.46. The van der Waals surface area contributed by atoms with E-state index in [0.29, 0.717) is 29.8 Å². The summed E-state index contributed by atoms with van der Waals surface area (Å²) in [4.78, 5) is 13.5. The number of amides is 1. The number of benzene rings is 1. The van der Waals surface area contributed by atoms with E-state index < -0.39 is 0 Å². The highest BCUT2D eigenvalue weighted by atomic mass is 32.2. The van der Waals surface area contributed by atoms with Crippen molar-refractivity contribution in [1.82, 2.24) is 20.1 Å². The number of thioether (sulfide) groups is 1. The molecule has 0 bridgehead atoms. The van der Waals surface area contributed by atoms with E-state index >= 15 is 0 Å². The maximum absolute atomic E-state index is 12.2. The van der Waals surface area contributed by atoms with Crippen LogP contribution in [0.1, 0.15) is 10.4 Å². The number of carbonyl (C=O) groups is 1. The second kappa shape index (κ2) is 9.58. The van der Waals surface area contributed by atoms with E-state index in [1.54, 1.807) is 17.6 Å². The second-order valence-corrected chi connectivity index (χ2v) is 8.30. The number of aromatic nitrogens is 3. The Balaban J connectivity index is 1.41. The molecule has 0 aliphatic rings. The third kappa shape index (κ3) is 5.16. The molecule has 3 aromatic heterocycles. The summed E-state index contributed by atoms with van der Waals surface area (Å²) in [6.45, 7) is 1.24. The minimum atomic E-state index is -0.0136. The van der Waals surface area contributed by atoms with Gasteiger partial charge in [-0.25, -0.2) is 0 Å². The molecule has 0 radical (unpaired) electrons. The zero-order valence-corrected chi connectivity index (χ0v) is 17.3. The normalized spacial score (nSPS) is 10.9. The highest BCUT2D eigenvalue weighted by molar-refractivity contribution is 7.99. The fourth-order valence-corrected chi connectivity index (χ4v) is 4.33. The molecule has 0 saturated heterocycles. The summed E-state index contributed by atoms with van der Waals surface area (Å²) >= 11 is 3.08. The predicted molar refractivity (Wildman–Crippen MR) is 115 cm³/mol. The van der Waals surface area contributed by atoms with E-state index in [-0.39, 0.29) is 11.7 Å². The van der Waals surface area contributed by atoms with Crippen LogP contribution >= 0.6 is 23.1 Å². The van der Waals surface area contributed by atoms with Crippen LogP contribution in [0.25, 0.3) is 11.6 Å². The Kier molecular flexibility index (Phi) is 6.43. The first-order chi connectivity index (χ1) is 14.3. The van der Waals surface area contributed by atoms with Crippen molar-refractivity contribution in [1.29, 1.82) is 0 Å². The number of thiophene rings is 1. The summed E-state index contributed by atoms with van der Waals surface area (Å²) in [7, 11) is 0. The standard InChI is InChI=1S/C21H20N4O2S2/c26-19(22-11-10-17-8-5-13-28-17)15-29-21-24-23-20(18-9-4-12-27-18)25(21)14-16-6-2-1-3-7-16/h1-9,12-13H,10-11,14-15H2,(H,22,26). The van der Waals surface area contributed by atoms with Gasteiger partial charge in [-0.2, -0.15) is 0 Å². The molecule has 6 nitrogen and oxygen atoms in total. The number of carbonyl (C=O) groups excluding carboxylic acids is 1. The molecule has 1 amide bonds. The summed E-state index contributed by atoms with van der Waals surface area (Å²) in [5.41, 5.74) is 1.13. The van der Waals surface area contributed by atoms with E-state index in [0.717, 1.165) is 12.0 Å². The van der Waals surface area contributed by atoms with Gasteiger partial charge in [-0.05, 0) is 35.6 Å². The molecule has 29 heavy (non-hydrogen) atoms. The lowest BCUT2D eigenvalue weighted by atomic mass is 10.2. The molecular formula is C21H20N4O2S2. The fraction of sp³-hybridized carbons (Fsp3) is 0.190. The summed E-state index contributed by atoms with van der Waals surface area (Å²) in [5, 5.41) is 14.3. The number of nitrogens with zero attached hydrogens (tertiary/aromatic N) is 3. The van der Waals surface area contributed by atoms with Gasteiger partial charge in [0.05, 0.1) is 18.6 Å². The molecule has 1 aromatic carbocycles. The van der Waals surface area contributed by atoms with Crippen LogP contribution in [0.15, 0.2) is 75.8 Å². The number of hydrogen-bond acceptors (Lipinski definition) is 6. The molecule has 1 N–H and O–H groups in total. The van der Waals surface area contributed by atoms with E-state index in [2.05, 4.69) is 33.7 Å². The monoisotopic (exact) mass is 424 g/mol. The molecule has 0 spiro atoms. The molecule has 4 rings (SSSR count). The van der Waals surface area contributed by atoms with Gasteiger partial charge in [0.2, 0.25) is 11.7 Å². The first kappa shape index (κ1) is 19.5. The Bertz CT molecular complexity index is 1030. The smallest absolute Gasteiger partial charge is 0.230 e. The third-order valence-corrected chi connectivity index (χ3v) is 6.15. The van der Waals surface area contributed by atoms with Gasteiger partial charge in [0.25, 0.3) is 0 Å². The molecule has 0 unspecified atom stereocenters. The first-order valence-electron chi connectivity index (χ1n) is 9.22. The van der Waals surface area contributed by atoms with Gasteiger partial charge in [-0.15, -0.1) is 21.5 Å². The molecule has 0 saturated carbocycles. The lowest BCUT2D eigenvalue weighted by Gasteiger charge is -2.09. The third-order valence-electron chi connectivity index (χ3n) is 4.25. The van der Waals surface area contributed by atoms with Crippen molar-refractivity contribution in [2.24, 2.45) is 0 Å². The molecule has 0 fully saturated rings. The minimum absolute atomic E-state index is 0.0136. The van der Waals surface area contributed by atoms with Crippen LogP contribution in [0.2, 0.25) is 0 Å². The molecule has 3 heterocycles. The molecule has 4 aromatic rings. The van der Waals surface area contributed by atoms with Crippen LogP contribution in [0.5, 0.6) is 0 Å². The molecule has 0 aliphatic carbocycles. The van der Waals surface area contributed by atoms with Crippen LogP contribution in [0.4, 0.5) is 0 Å². The van der Waals surface area contributed by atoms with Crippen molar-refractivity contribution in [2.45, 2.75) is 18.1 Å². The van der Waals surface area contributed by atoms with Gasteiger partial charge in [-0.3, -0.25) is 9.36 Å². The summed E-state index contributed by atoms with van der Waals surface area (Å²) in [5.74, 6) is 1.58. The molecule has 0 aliphatic heterocycles. The predicted octanol–water partition coefficient (Wildman–Crippen LogP) is 4.10. The maximum atomic E-state index is 12.2. The number of nitrogens with one attached hydrogen (secondary N) is 1. The maximum Gasteiger partial charge on any atom is 0.230 e. The van der Waals surface area contributed by atoms with E-state index in [1.807, 2.05) is 46.3 Å². The van der Waals surface area contributed by atoms with Gasteiger partial charge in [0, 0.05) is 11.4 Å². The minimum Gasteiger partial charge on any atom is -0.461 e. The summed E-state index contributed by atoms with van der Waals surface area (Å²) < 4.78 is 7.50. The molecule has 148 valence electrons. The van der Waals surface area contributed by atoms with Crippen LogP contribution in [0, 0.1) is 0 Å². The van der Waals surface area contributed by atoms with E-state index in [1.165, 1.54) is 16.6 Å². The van der Waals surface area contributed by atoms with E-state index in [4.69, 9.17) is 4.42 Å². The van der Waals surface area contributed by atoms with Gasteiger partial charge < -0.3 is 9.73 Å². The van der Waals surface area contributed by atoms with Crippen LogP contribution in [0.3, 0.4) is 0 Å².